The SMILES string of the molecule is Cc1ccccc1NC(=O)/N=C/c1c(C)[nH]n(-c2ccc(Br)cc2)c1=O. The van der Waals surface area contributed by atoms with Gasteiger partial charge >= 0.3 is 6.03 Å². The quantitative estimate of drug-likeness (QED) is 0.632. The highest BCUT2D eigenvalue weighted by Gasteiger charge is 2.11. The first-order chi connectivity index (χ1) is 12.5. The summed E-state index contributed by atoms with van der Waals surface area (Å²) in [5.41, 5.74) is 3.03. The van der Waals surface area contributed by atoms with Crippen molar-refractivity contribution in [1.82, 2.24) is 9.78 Å². The number of urea groups is 1. The van der Waals surface area contributed by atoms with Crippen LogP contribution in [0.3, 0.4) is 0 Å². The maximum absolute atomic E-state index is 12.6. The van der Waals surface area contributed by atoms with E-state index in [-0.39, 0.29) is 5.56 Å². The lowest BCUT2D eigenvalue weighted by Crippen LogP contribution is -2.17. The number of nitrogens with one attached hydrogen (secondary N) is 2. The lowest BCUT2D eigenvalue weighted by molar-refractivity contribution is 0.259. The number of nitrogens with zero attached hydrogens (tertiary/aromatic N) is 2. The summed E-state index contributed by atoms with van der Waals surface area (Å²) in [4.78, 5) is 28.5. The van der Waals surface area contributed by atoms with E-state index < -0.39 is 6.03 Å². The minimum Gasteiger partial charge on any atom is -0.306 e. The molecule has 3 aromatic rings. The second kappa shape index (κ2) is 7.53. The van der Waals surface area contributed by atoms with Crippen molar-refractivity contribution in [3.8, 4) is 5.69 Å². The number of carbonyl (C=O) groups excluding carboxylic acids is 1. The monoisotopic (exact) mass is 412 g/mol. The Kier molecular flexibility index (Phi) is 5.18. The summed E-state index contributed by atoms with van der Waals surface area (Å²) in [7, 11) is 0. The van der Waals surface area contributed by atoms with Crippen LogP contribution in [0.15, 0.2) is 62.8 Å². The van der Waals surface area contributed by atoms with Crippen molar-refractivity contribution in [2.75, 3.05) is 5.32 Å². The second-order valence-corrected chi connectivity index (χ2v) is 6.69. The zero-order valence-electron chi connectivity index (χ0n) is 14.3. The summed E-state index contributed by atoms with van der Waals surface area (Å²) in [6.45, 7) is 3.66. The van der Waals surface area contributed by atoms with Gasteiger partial charge in [0.15, 0.2) is 0 Å². The lowest BCUT2D eigenvalue weighted by atomic mass is 10.2. The molecule has 0 unspecified atom stereocenters. The number of aromatic nitrogens is 2. The fraction of sp³-hybridized carbons (Fsp3) is 0.105. The molecule has 2 N–H and O–H groups in total. The Morgan fingerprint density at radius 2 is 1.85 bits per heavy atom. The summed E-state index contributed by atoms with van der Waals surface area (Å²) < 4.78 is 2.34. The molecule has 7 heteroatoms. The van der Waals surface area contributed by atoms with Gasteiger partial charge < -0.3 is 5.32 Å². The predicted molar refractivity (Wildman–Crippen MR) is 107 cm³/mol. The minimum atomic E-state index is -0.533. The molecule has 2 amide bonds. The molecular formula is C19H17BrN4O2. The minimum absolute atomic E-state index is 0.266. The van der Waals surface area contributed by atoms with Crippen LogP contribution in [0, 0.1) is 13.8 Å². The number of amides is 2. The van der Waals surface area contributed by atoms with Crippen molar-refractivity contribution in [2.45, 2.75) is 13.8 Å². The van der Waals surface area contributed by atoms with Crippen molar-refractivity contribution in [2.24, 2.45) is 4.99 Å². The highest BCUT2D eigenvalue weighted by molar-refractivity contribution is 9.10. The Bertz CT molecular complexity index is 1030. The van der Waals surface area contributed by atoms with E-state index in [2.05, 4.69) is 31.3 Å². The van der Waals surface area contributed by atoms with Crippen LogP contribution in [0.5, 0.6) is 0 Å². The average molecular weight is 413 g/mol. The number of benzene rings is 2. The molecule has 0 bridgehead atoms. The number of rotatable bonds is 3. The molecule has 1 heterocycles. The van der Waals surface area contributed by atoms with Gasteiger partial charge in [-0.15, -0.1) is 0 Å². The molecule has 3 rings (SSSR count). The Balaban J connectivity index is 1.83. The molecule has 6 nitrogen and oxygen atoms in total. The van der Waals surface area contributed by atoms with E-state index in [1.807, 2.05) is 49.4 Å². The molecule has 0 atom stereocenters. The van der Waals surface area contributed by atoms with Gasteiger partial charge in [-0.05, 0) is 49.7 Å². The molecule has 0 fully saturated rings. The van der Waals surface area contributed by atoms with Crippen molar-refractivity contribution in [1.29, 1.82) is 0 Å². The standard InChI is InChI=1S/C19H17BrN4O2/c1-12-5-3-4-6-17(12)22-19(26)21-11-16-13(2)23-24(18(16)25)15-9-7-14(20)8-10-15/h3-11,23H,1-2H3,(H,22,26)/b21-11+. The van der Waals surface area contributed by atoms with Gasteiger partial charge in [-0.25, -0.2) is 14.5 Å². The first kappa shape index (κ1) is 17.9. The zero-order valence-corrected chi connectivity index (χ0v) is 15.9. The normalized spacial score (nSPS) is 11.0. The number of aromatic amines is 1. The number of aliphatic imine (C=N–C) groups is 1. The smallest absolute Gasteiger partial charge is 0.306 e. The lowest BCUT2D eigenvalue weighted by Gasteiger charge is -2.04. The van der Waals surface area contributed by atoms with Crippen LogP contribution in [0.2, 0.25) is 0 Å². The molecule has 0 spiro atoms. The van der Waals surface area contributed by atoms with Crippen molar-refractivity contribution in [3.63, 3.8) is 0 Å². The number of hydrogen-bond donors (Lipinski definition) is 2. The van der Waals surface area contributed by atoms with Gasteiger partial charge in [0.05, 0.1) is 11.3 Å². The van der Waals surface area contributed by atoms with Crippen LogP contribution in [-0.4, -0.2) is 22.0 Å². The molecule has 2 aromatic carbocycles. The van der Waals surface area contributed by atoms with Crippen LogP contribution in [-0.2, 0) is 0 Å². The highest BCUT2D eigenvalue weighted by Crippen LogP contribution is 2.14. The van der Waals surface area contributed by atoms with Gasteiger partial charge in [0.25, 0.3) is 5.56 Å². The predicted octanol–water partition coefficient (Wildman–Crippen LogP) is 4.20. The van der Waals surface area contributed by atoms with Gasteiger partial charge in [-0.2, -0.15) is 0 Å². The molecule has 132 valence electrons. The Hall–Kier alpha value is -2.93. The number of carbonyl (C=O) groups is 1. The third-order valence-electron chi connectivity index (χ3n) is 3.90. The molecular weight excluding hydrogens is 396 g/mol. The molecule has 0 radical (unpaired) electrons. The van der Waals surface area contributed by atoms with Crippen molar-refractivity contribution >= 4 is 33.9 Å². The number of anilines is 1. The van der Waals surface area contributed by atoms with E-state index in [9.17, 15) is 9.59 Å². The average Bonchev–Trinajstić information content (AvgIpc) is 2.90. The van der Waals surface area contributed by atoms with Gasteiger partial charge in [0.1, 0.15) is 0 Å². The molecule has 0 aliphatic heterocycles. The van der Waals surface area contributed by atoms with Gasteiger partial charge in [-0.1, -0.05) is 34.1 Å². The third-order valence-corrected chi connectivity index (χ3v) is 4.43. The van der Waals surface area contributed by atoms with E-state index >= 15 is 0 Å². The van der Waals surface area contributed by atoms with Gasteiger partial charge in [0, 0.05) is 22.1 Å². The molecule has 0 saturated carbocycles. The molecule has 1 aromatic heterocycles. The summed E-state index contributed by atoms with van der Waals surface area (Å²) in [6.07, 6.45) is 1.29. The van der Waals surface area contributed by atoms with Crippen LogP contribution in [0.25, 0.3) is 5.69 Å². The summed E-state index contributed by atoms with van der Waals surface area (Å²) >= 11 is 3.37. The molecule has 26 heavy (non-hydrogen) atoms. The molecule has 0 aliphatic rings. The number of H-pyrrole nitrogens is 1. The van der Waals surface area contributed by atoms with Crippen molar-refractivity contribution in [3.05, 3.63) is 80.2 Å². The maximum atomic E-state index is 12.6. The van der Waals surface area contributed by atoms with Crippen LogP contribution in [0.1, 0.15) is 16.8 Å². The Labute approximate surface area is 158 Å². The van der Waals surface area contributed by atoms with E-state index in [1.165, 1.54) is 10.9 Å². The third kappa shape index (κ3) is 3.83. The first-order valence-corrected chi connectivity index (χ1v) is 8.73. The van der Waals surface area contributed by atoms with Gasteiger partial charge in [-0.3, -0.25) is 9.89 Å². The maximum Gasteiger partial charge on any atom is 0.345 e. The van der Waals surface area contributed by atoms with Crippen molar-refractivity contribution < 1.29 is 4.79 Å². The second-order valence-electron chi connectivity index (χ2n) is 5.77. The largest absolute Gasteiger partial charge is 0.345 e. The Morgan fingerprint density at radius 3 is 2.54 bits per heavy atom. The van der Waals surface area contributed by atoms with Gasteiger partial charge in [0.2, 0.25) is 0 Å². The fourth-order valence-electron chi connectivity index (χ4n) is 2.47. The summed E-state index contributed by atoms with van der Waals surface area (Å²) in [5.74, 6) is 0. The van der Waals surface area contributed by atoms with E-state index in [4.69, 9.17) is 0 Å². The Morgan fingerprint density at radius 1 is 1.15 bits per heavy atom. The van der Waals surface area contributed by atoms with E-state index in [1.54, 1.807) is 13.0 Å². The number of aryl methyl sites for hydroxylation is 2. The van der Waals surface area contributed by atoms with Crippen LogP contribution in [0.4, 0.5) is 10.5 Å². The molecule has 0 saturated heterocycles. The summed E-state index contributed by atoms with van der Waals surface area (Å²) in [5, 5.41) is 5.70. The van der Waals surface area contributed by atoms with E-state index in [0.29, 0.717) is 22.6 Å². The van der Waals surface area contributed by atoms with Crippen LogP contribution >= 0.6 is 15.9 Å². The van der Waals surface area contributed by atoms with Crippen LogP contribution < -0.4 is 10.9 Å². The first-order valence-electron chi connectivity index (χ1n) is 7.94. The number of para-hydroxylation sites is 1. The fourth-order valence-corrected chi connectivity index (χ4v) is 2.73. The number of halogens is 1. The highest BCUT2D eigenvalue weighted by atomic mass is 79.9. The summed E-state index contributed by atoms with van der Waals surface area (Å²) in [6, 6.07) is 14.2. The molecule has 0 aliphatic carbocycles. The topological polar surface area (TPSA) is 79.2 Å². The van der Waals surface area contributed by atoms with E-state index in [0.717, 1.165) is 10.0 Å². The zero-order chi connectivity index (χ0) is 18.7. The number of hydrogen-bond acceptors (Lipinski definition) is 2.